The third-order valence-electron chi connectivity index (χ3n) is 3.53. The molecule has 1 aromatic carbocycles. The lowest BCUT2D eigenvalue weighted by molar-refractivity contribution is 0.167. The van der Waals surface area contributed by atoms with E-state index in [9.17, 15) is 9.90 Å². The van der Waals surface area contributed by atoms with Crippen molar-refractivity contribution < 1.29 is 19.4 Å². The number of carbonyl (C=O) groups excluding carboxylic acids is 1. The summed E-state index contributed by atoms with van der Waals surface area (Å²) in [6.45, 7) is 0.772. The molecule has 1 atom stereocenters. The topological polar surface area (TPSA) is 79.8 Å². The number of nitrogens with one attached hydrogen (secondary N) is 2. The molecular weight excluding hydrogens is 328 g/mol. The molecule has 1 heterocycles. The van der Waals surface area contributed by atoms with E-state index in [0.29, 0.717) is 31.0 Å². The number of amides is 2. The first-order valence-corrected chi connectivity index (χ1v) is 8.51. The molecule has 2 rings (SSSR count). The van der Waals surface area contributed by atoms with Crippen LogP contribution < -0.4 is 20.1 Å². The summed E-state index contributed by atoms with van der Waals surface area (Å²) in [7, 11) is 3.15. The highest BCUT2D eigenvalue weighted by Gasteiger charge is 2.09. The van der Waals surface area contributed by atoms with Crippen molar-refractivity contribution in [3.8, 4) is 11.5 Å². The second kappa shape index (κ2) is 9.14. The summed E-state index contributed by atoms with van der Waals surface area (Å²) in [5.74, 6) is 1.27. The average Bonchev–Trinajstić information content (AvgIpc) is 3.14. The van der Waals surface area contributed by atoms with Crippen LogP contribution in [-0.4, -0.2) is 31.9 Å². The lowest BCUT2D eigenvalue weighted by atomic mass is 10.1. The van der Waals surface area contributed by atoms with Crippen LogP contribution in [0.2, 0.25) is 0 Å². The molecule has 24 heavy (non-hydrogen) atoms. The smallest absolute Gasteiger partial charge is 0.315 e. The fraction of sp³-hybridized carbons (Fsp3) is 0.353. The van der Waals surface area contributed by atoms with Crippen LogP contribution in [0.3, 0.4) is 0 Å². The van der Waals surface area contributed by atoms with Crippen molar-refractivity contribution in [3.63, 3.8) is 0 Å². The molecule has 3 N–H and O–H groups in total. The molecule has 0 bridgehead atoms. The second-order valence-electron chi connectivity index (χ2n) is 5.16. The molecule has 130 valence electrons. The standard InChI is InChI=1S/C17H22N2O4S/c1-22-15-4-3-12(9-16(15)23-2)10-19-17(21)18-7-5-14(20)13-6-8-24-11-13/h3-4,6,8-9,11,14,20H,5,7,10H2,1-2H3,(H2,18,19,21)/t14-/m1/s1. The SMILES string of the molecule is COc1ccc(CNC(=O)NCC[C@@H](O)c2ccsc2)cc1OC. The zero-order chi connectivity index (χ0) is 17.4. The second-order valence-corrected chi connectivity index (χ2v) is 5.94. The Morgan fingerprint density at radius 1 is 1.21 bits per heavy atom. The van der Waals surface area contributed by atoms with Crippen molar-refractivity contribution in [1.29, 1.82) is 0 Å². The summed E-state index contributed by atoms with van der Waals surface area (Å²) in [5.41, 5.74) is 1.79. The number of urea groups is 1. The molecule has 0 aliphatic heterocycles. The van der Waals surface area contributed by atoms with Gasteiger partial charge in [0.05, 0.1) is 20.3 Å². The highest BCUT2D eigenvalue weighted by molar-refractivity contribution is 7.07. The maximum atomic E-state index is 11.8. The lowest BCUT2D eigenvalue weighted by Crippen LogP contribution is -2.36. The largest absolute Gasteiger partial charge is 0.493 e. The van der Waals surface area contributed by atoms with Gasteiger partial charge in [-0.2, -0.15) is 11.3 Å². The normalized spacial score (nSPS) is 11.6. The quantitative estimate of drug-likeness (QED) is 0.684. The van der Waals surface area contributed by atoms with Crippen LogP contribution in [-0.2, 0) is 6.54 Å². The molecule has 7 heteroatoms. The maximum absolute atomic E-state index is 11.8. The minimum Gasteiger partial charge on any atom is -0.493 e. The highest BCUT2D eigenvalue weighted by atomic mass is 32.1. The minimum atomic E-state index is -0.553. The van der Waals surface area contributed by atoms with Gasteiger partial charge in [0.15, 0.2) is 11.5 Å². The van der Waals surface area contributed by atoms with E-state index in [2.05, 4.69) is 10.6 Å². The van der Waals surface area contributed by atoms with Gasteiger partial charge in [0.25, 0.3) is 0 Å². The van der Waals surface area contributed by atoms with E-state index in [4.69, 9.17) is 9.47 Å². The van der Waals surface area contributed by atoms with Crippen LogP contribution in [0.5, 0.6) is 11.5 Å². The molecular formula is C17H22N2O4S. The summed E-state index contributed by atoms with van der Waals surface area (Å²) in [4.78, 5) is 11.8. The maximum Gasteiger partial charge on any atom is 0.315 e. The van der Waals surface area contributed by atoms with Crippen molar-refractivity contribution in [2.75, 3.05) is 20.8 Å². The van der Waals surface area contributed by atoms with Crippen molar-refractivity contribution in [2.45, 2.75) is 19.1 Å². The van der Waals surface area contributed by atoms with Gasteiger partial charge in [-0.25, -0.2) is 4.79 Å². The molecule has 0 unspecified atom stereocenters. The Balaban J connectivity index is 1.73. The first kappa shape index (κ1) is 18.1. The first-order valence-electron chi connectivity index (χ1n) is 7.56. The zero-order valence-corrected chi connectivity index (χ0v) is 14.6. The summed E-state index contributed by atoms with van der Waals surface area (Å²) >= 11 is 1.54. The Morgan fingerprint density at radius 2 is 2.00 bits per heavy atom. The highest BCUT2D eigenvalue weighted by Crippen LogP contribution is 2.27. The Kier molecular flexibility index (Phi) is 6.89. The lowest BCUT2D eigenvalue weighted by Gasteiger charge is -2.12. The molecule has 2 aromatic rings. The molecule has 0 saturated heterocycles. The first-order chi connectivity index (χ1) is 11.6. The number of thiophene rings is 1. The molecule has 0 aliphatic rings. The number of ether oxygens (including phenoxy) is 2. The van der Waals surface area contributed by atoms with Crippen molar-refractivity contribution >= 4 is 17.4 Å². The minimum absolute atomic E-state index is 0.276. The van der Waals surface area contributed by atoms with Gasteiger partial charge in [-0.05, 0) is 46.5 Å². The number of methoxy groups -OCH3 is 2. The summed E-state index contributed by atoms with van der Waals surface area (Å²) < 4.78 is 10.4. The van der Waals surface area contributed by atoms with E-state index in [0.717, 1.165) is 11.1 Å². The van der Waals surface area contributed by atoms with E-state index < -0.39 is 6.10 Å². The number of aliphatic hydroxyl groups excluding tert-OH is 1. The molecule has 0 fully saturated rings. The van der Waals surface area contributed by atoms with E-state index in [1.165, 1.54) is 0 Å². The monoisotopic (exact) mass is 350 g/mol. The number of benzene rings is 1. The van der Waals surface area contributed by atoms with Crippen molar-refractivity contribution in [2.24, 2.45) is 0 Å². The molecule has 0 radical (unpaired) electrons. The number of aliphatic hydroxyl groups is 1. The molecule has 2 amide bonds. The molecule has 1 aromatic heterocycles. The van der Waals surface area contributed by atoms with E-state index in [-0.39, 0.29) is 6.03 Å². The van der Waals surface area contributed by atoms with E-state index in [1.54, 1.807) is 31.6 Å². The fourth-order valence-corrected chi connectivity index (χ4v) is 2.90. The van der Waals surface area contributed by atoms with Gasteiger partial charge in [0.2, 0.25) is 0 Å². The van der Waals surface area contributed by atoms with Crippen LogP contribution in [0.1, 0.15) is 23.7 Å². The van der Waals surface area contributed by atoms with Gasteiger partial charge in [-0.15, -0.1) is 0 Å². The van der Waals surface area contributed by atoms with Crippen LogP contribution in [0, 0.1) is 0 Å². The van der Waals surface area contributed by atoms with Crippen LogP contribution in [0.25, 0.3) is 0 Å². The zero-order valence-electron chi connectivity index (χ0n) is 13.7. The number of rotatable bonds is 8. The number of hydrogen-bond acceptors (Lipinski definition) is 5. The van der Waals surface area contributed by atoms with Gasteiger partial charge in [0.1, 0.15) is 0 Å². The van der Waals surface area contributed by atoms with Gasteiger partial charge < -0.3 is 25.2 Å². The predicted molar refractivity (Wildman–Crippen MR) is 93.7 cm³/mol. The van der Waals surface area contributed by atoms with Crippen LogP contribution in [0.15, 0.2) is 35.0 Å². The van der Waals surface area contributed by atoms with Crippen LogP contribution >= 0.6 is 11.3 Å². The van der Waals surface area contributed by atoms with Crippen molar-refractivity contribution in [1.82, 2.24) is 10.6 Å². The Morgan fingerprint density at radius 3 is 2.67 bits per heavy atom. The summed E-state index contributed by atoms with van der Waals surface area (Å²) in [5, 5.41) is 19.3. The fourth-order valence-electron chi connectivity index (χ4n) is 2.19. The van der Waals surface area contributed by atoms with Gasteiger partial charge in [-0.3, -0.25) is 0 Å². The Hall–Kier alpha value is -2.25. The van der Waals surface area contributed by atoms with Gasteiger partial charge in [-0.1, -0.05) is 6.07 Å². The van der Waals surface area contributed by atoms with Gasteiger partial charge >= 0.3 is 6.03 Å². The molecule has 0 spiro atoms. The predicted octanol–water partition coefficient (Wildman–Crippen LogP) is 2.69. The molecule has 0 aliphatic carbocycles. The van der Waals surface area contributed by atoms with E-state index >= 15 is 0 Å². The van der Waals surface area contributed by atoms with Gasteiger partial charge in [0, 0.05) is 13.1 Å². The summed E-state index contributed by atoms with van der Waals surface area (Å²) in [6.07, 6.45) is -0.0806. The third-order valence-corrected chi connectivity index (χ3v) is 4.23. The molecule has 0 saturated carbocycles. The Bertz CT molecular complexity index is 646. The average molecular weight is 350 g/mol. The van der Waals surface area contributed by atoms with Crippen molar-refractivity contribution in [3.05, 3.63) is 46.2 Å². The van der Waals surface area contributed by atoms with Crippen LogP contribution in [0.4, 0.5) is 4.79 Å². The Labute approximate surface area is 145 Å². The summed E-state index contributed by atoms with van der Waals surface area (Å²) in [6, 6.07) is 7.08. The third kappa shape index (κ3) is 5.14. The molecule has 6 nitrogen and oxygen atoms in total. The number of hydrogen-bond donors (Lipinski definition) is 3. The van der Waals surface area contributed by atoms with E-state index in [1.807, 2.05) is 29.0 Å². The number of carbonyl (C=O) groups is 1.